The number of hydrogen-bond donors (Lipinski definition) is 2. The fourth-order valence-electron chi connectivity index (χ4n) is 1.06. The molecule has 0 saturated heterocycles. The fraction of sp³-hybridized carbons (Fsp3) is 0.273. The Balaban J connectivity index is 2.57. The third-order valence-electron chi connectivity index (χ3n) is 1.90. The zero-order chi connectivity index (χ0) is 12.0. The predicted molar refractivity (Wildman–Crippen MR) is 67.2 cm³/mol. The number of amides is 1. The summed E-state index contributed by atoms with van der Waals surface area (Å²) in [6.45, 7) is 5.86. The van der Waals surface area contributed by atoms with Crippen molar-refractivity contribution in [1.29, 1.82) is 0 Å². The van der Waals surface area contributed by atoms with Gasteiger partial charge in [0.05, 0.1) is 17.1 Å². The van der Waals surface area contributed by atoms with Gasteiger partial charge in [-0.3, -0.25) is 9.78 Å². The first-order chi connectivity index (χ1) is 7.65. The van der Waals surface area contributed by atoms with E-state index in [0.29, 0.717) is 12.2 Å². The molecule has 1 rings (SSSR count). The standard InChI is InChI=1S/C11H15N3OS/c1-3-5-14-11(15)8(2)16-10-4-6-13-7-9(10)12/h3-4,6-8H,1,5,12H2,2H3,(H,14,15). The molecule has 86 valence electrons. The summed E-state index contributed by atoms with van der Waals surface area (Å²) in [6, 6.07) is 1.80. The van der Waals surface area contributed by atoms with Gasteiger partial charge in [-0.2, -0.15) is 0 Å². The Morgan fingerprint density at radius 3 is 3.19 bits per heavy atom. The lowest BCUT2D eigenvalue weighted by Crippen LogP contribution is -2.30. The largest absolute Gasteiger partial charge is 0.397 e. The number of pyridine rings is 1. The van der Waals surface area contributed by atoms with E-state index in [0.717, 1.165) is 4.90 Å². The Morgan fingerprint density at radius 2 is 2.56 bits per heavy atom. The van der Waals surface area contributed by atoms with Crippen molar-refractivity contribution < 1.29 is 4.79 Å². The molecule has 1 aromatic rings. The van der Waals surface area contributed by atoms with E-state index in [1.165, 1.54) is 11.8 Å². The van der Waals surface area contributed by atoms with Crippen molar-refractivity contribution in [2.45, 2.75) is 17.1 Å². The van der Waals surface area contributed by atoms with Gasteiger partial charge in [-0.25, -0.2) is 0 Å². The van der Waals surface area contributed by atoms with E-state index in [4.69, 9.17) is 5.73 Å². The molecule has 16 heavy (non-hydrogen) atoms. The second-order valence-corrected chi connectivity index (χ2v) is 4.59. The van der Waals surface area contributed by atoms with E-state index in [-0.39, 0.29) is 11.2 Å². The Kier molecular flexibility index (Phi) is 4.85. The van der Waals surface area contributed by atoms with Gasteiger partial charge in [0.2, 0.25) is 5.91 Å². The van der Waals surface area contributed by atoms with E-state index in [9.17, 15) is 4.79 Å². The van der Waals surface area contributed by atoms with Gasteiger partial charge in [0.15, 0.2) is 0 Å². The van der Waals surface area contributed by atoms with Crippen LogP contribution < -0.4 is 11.1 Å². The van der Waals surface area contributed by atoms with Crippen molar-refractivity contribution in [3.8, 4) is 0 Å². The lowest BCUT2D eigenvalue weighted by molar-refractivity contribution is -0.120. The fourth-order valence-corrected chi connectivity index (χ4v) is 1.96. The highest BCUT2D eigenvalue weighted by molar-refractivity contribution is 8.00. The van der Waals surface area contributed by atoms with Crippen LogP contribution in [0.15, 0.2) is 36.0 Å². The normalized spacial score (nSPS) is 11.8. The van der Waals surface area contributed by atoms with Crippen LogP contribution in [0.3, 0.4) is 0 Å². The molecule has 0 radical (unpaired) electrons. The number of nitrogens with two attached hydrogens (primary N) is 1. The number of hydrogen-bond acceptors (Lipinski definition) is 4. The predicted octanol–water partition coefficient (Wildman–Crippen LogP) is 1.45. The third-order valence-corrected chi connectivity index (χ3v) is 3.10. The molecule has 3 N–H and O–H groups in total. The molecule has 0 spiro atoms. The van der Waals surface area contributed by atoms with Crippen molar-refractivity contribution >= 4 is 23.4 Å². The summed E-state index contributed by atoms with van der Waals surface area (Å²) < 4.78 is 0. The number of nitrogens with zero attached hydrogens (tertiary/aromatic N) is 1. The van der Waals surface area contributed by atoms with Crippen LogP contribution in [-0.4, -0.2) is 22.7 Å². The van der Waals surface area contributed by atoms with Crippen molar-refractivity contribution in [2.75, 3.05) is 12.3 Å². The topological polar surface area (TPSA) is 68.0 Å². The highest BCUT2D eigenvalue weighted by Crippen LogP contribution is 2.27. The van der Waals surface area contributed by atoms with Crippen LogP contribution in [0.5, 0.6) is 0 Å². The molecule has 1 aromatic heterocycles. The van der Waals surface area contributed by atoms with Crippen molar-refractivity contribution in [3.05, 3.63) is 31.1 Å². The molecule has 5 heteroatoms. The Morgan fingerprint density at radius 1 is 1.81 bits per heavy atom. The molecule has 0 aromatic carbocycles. The zero-order valence-corrected chi connectivity index (χ0v) is 9.96. The maximum Gasteiger partial charge on any atom is 0.233 e. The summed E-state index contributed by atoms with van der Waals surface area (Å²) in [5, 5.41) is 2.55. The molecule has 0 saturated carbocycles. The van der Waals surface area contributed by atoms with Gasteiger partial charge in [0, 0.05) is 17.6 Å². The summed E-state index contributed by atoms with van der Waals surface area (Å²) in [5.74, 6) is -0.0267. The molecule has 1 heterocycles. The van der Waals surface area contributed by atoms with Crippen LogP contribution in [0.2, 0.25) is 0 Å². The first-order valence-electron chi connectivity index (χ1n) is 4.90. The molecule has 1 amide bonds. The monoisotopic (exact) mass is 237 g/mol. The van der Waals surface area contributed by atoms with E-state index >= 15 is 0 Å². The van der Waals surface area contributed by atoms with Gasteiger partial charge in [0.1, 0.15) is 0 Å². The van der Waals surface area contributed by atoms with E-state index in [1.54, 1.807) is 24.5 Å². The second kappa shape index (κ2) is 6.17. The van der Waals surface area contributed by atoms with Crippen LogP contribution in [0.1, 0.15) is 6.92 Å². The number of anilines is 1. The van der Waals surface area contributed by atoms with Gasteiger partial charge < -0.3 is 11.1 Å². The summed E-state index contributed by atoms with van der Waals surface area (Å²) >= 11 is 1.42. The summed E-state index contributed by atoms with van der Waals surface area (Å²) in [6.07, 6.45) is 4.89. The van der Waals surface area contributed by atoms with Gasteiger partial charge >= 0.3 is 0 Å². The molecule has 0 aliphatic carbocycles. The molecule has 4 nitrogen and oxygen atoms in total. The number of thioether (sulfide) groups is 1. The van der Waals surface area contributed by atoms with Crippen LogP contribution in [0.4, 0.5) is 5.69 Å². The number of nitrogens with one attached hydrogen (secondary N) is 1. The molecule has 1 atom stereocenters. The Hall–Kier alpha value is -1.49. The Bertz CT molecular complexity index is 381. The van der Waals surface area contributed by atoms with Crippen LogP contribution >= 0.6 is 11.8 Å². The van der Waals surface area contributed by atoms with E-state index in [1.807, 2.05) is 6.92 Å². The molecule has 0 bridgehead atoms. The summed E-state index contributed by atoms with van der Waals surface area (Å²) in [4.78, 5) is 16.3. The smallest absolute Gasteiger partial charge is 0.233 e. The first-order valence-corrected chi connectivity index (χ1v) is 5.78. The molecule has 0 fully saturated rings. The molecular formula is C11H15N3OS. The first kappa shape index (κ1) is 12.6. The van der Waals surface area contributed by atoms with Crippen molar-refractivity contribution in [1.82, 2.24) is 10.3 Å². The molecular weight excluding hydrogens is 222 g/mol. The molecule has 1 unspecified atom stereocenters. The number of rotatable bonds is 5. The minimum atomic E-state index is -0.190. The molecule has 0 aliphatic rings. The highest BCUT2D eigenvalue weighted by Gasteiger charge is 2.14. The van der Waals surface area contributed by atoms with Crippen LogP contribution in [-0.2, 0) is 4.79 Å². The summed E-state index contributed by atoms with van der Waals surface area (Å²) in [7, 11) is 0. The van der Waals surface area contributed by atoms with Crippen molar-refractivity contribution in [3.63, 3.8) is 0 Å². The summed E-state index contributed by atoms with van der Waals surface area (Å²) in [5.41, 5.74) is 6.33. The highest BCUT2D eigenvalue weighted by atomic mass is 32.2. The van der Waals surface area contributed by atoms with Gasteiger partial charge in [-0.15, -0.1) is 18.3 Å². The van der Waals surface area contributed by atoms with Crippen LogP contribution in [0.25, 0.3) is 0 Å². The van der Waals surface area contributed by atoms with Crippen LogP contribution in [0, 0.1) is 0 Å². The minimum absolute atomic E-state index is 0.0267. The number of carbonyl (C=O) groups excluding carboxylic acids is 1. The average Bonchev–Trinajstić information content (AvgIpc) is 2.28. The SMILES string of the molecule is C=CCNC(=O)C(C)Sc1ccncc1N. The van der Waals surface area contributed by atoms with Gasteiger partial charge in [0.25, 0.3) is 0 Å². The van der Waals surface area contributed by atoms with Gasteiger partial charge in [-0.1, -0.05) is 6.08 Å². The van der Waals surface area contributed by atoms with E-state index in [2.05, 4.69) is 16.9 Å². The maximum absolute atomic E-state index is 11.6. The third kappa shape index (κ3) is 3.58. The minimum Gasteiger partial charge on any atom is -0.397 e. The maximum atomic E-state index is 11.6. The Labute approximate surface area is 99.3 Å². The number of aromatic nitrogens is 1. The second-order valence-electron chi connectivity index (χ2n) is 3.21. The average molecular weight is 237 g/mol. The lowest BCUT2D eigenvalue weighted by atomic mass is 10.4. The number of carbonyl (C=O) groups is 1. The van der Waals surface area contributed by atoms with Crippen molar-refractivity contribution in [2.24, 2.45) is 0 Å². The lowest BCUT2D eigenvalue weighted by Gasteiger charge is -2.11. The zero-order valence-electron chi connectivity index (χ0n) is 9.14. The quantitative estimate of drug-likeness (QED) is 0.601. The van der Waals surface area contributed by atoms with Gasteiger partial charge in [-0.05, 0) is 13.0 Å². The number of nitrogen functional groups attached to an aromatic ring is 1. The molecule has 0 aliphatic heterocycles. The van der Waals surface area contributed by atoms with E-state index < -0.39 is 0 Å².